The fourth-order valence-electron chi connectivity index (χ4n) is 16.3. The van der Waals surface area contributed by atoms with Gasteiger partial charge >= 0.3 is 5.51 Å². The van der Waals surface area contributed by atoms with Crippen molar-refractivity contribution in [3.8, 4) is 10.4 Å². The van der Waals surface area contributed by atoms with E-state index in [1.807, 2.05) is 106 Å². The van der Waals surface area contributed by atoms with Crippen molar-refractivity contribution in [1.29, 1.82) is 0 Å². The average molecular weight is 1760 g/mol. The van der Waals surface area contributed by atoms with E-state index in [0.29, 0.717) is 133 Å². The monoisotopic (exact) mass is 1760 g/mol. The second-order valence-electron chi connectivity index (χ2n) is 33.4. The van der Waals surface area contributed by atoms with E-state index in [1.165, 1.54) is 46.1 Å². The number of aliphatic hydroxyl groups is 1. The highest BCUT2D eigenvalue weighted by Gasteiger charge is 2.49. The summed E-state index contributed by atoms with van der Waals surface area (Å²) in [6.45, 7) is 21.7. The Balaban J connectivity index is 0.577. The van der Waals surface area contributed by atoms with Crippen molar-refractivity contribution in [1.82, 2.24) is 55.1 Å². The first-order valence-electron chi connectivity index (χ1n) is 41.3. The van der Waals surface area contributed by atoms with Gasteiger partial charge < -0.3 is 50.7 Å². The van der Waals surface area contributed by atoms with Gasteiger partial charge in [0.25, 0.3) is 37.6 Å². The zero-order chi connectivity index (χ0) is 86.4. The van der Waals surface area contributed by atoms with E-state index in [-0.39, 0.29) is 59.8 Å². The number of allylic oxidation sites excluding steroid dienone is 1. The molecule has 0 saturated carbocycles. The van der Waals surface area contributed by atoms with Crippen LogP contribution in [0.15, 0.2) is 165 Å². The maximum atomic E-state index is 14.5. The highest BCUT2D eigenvalue weighted by atomic mass is 35.5. The van der Waals surface area contributed by atoms with Crippen molar-refractivity contribution in [2.75, 3.05) is 127 Å². The highest BCUT2D eigenvalue weighted by Crippen LogP contribution is 2.45. The van der Waals surface area contributed by atoms with Crippen molar-refractivity contribution < 1.29 is 68.6 Å². The van der Waals surface area contributed by atoms with Gasteiger partial charge in [-0.05, 0) is 171 Å². The molecule has 121 heavy (non-hydrogen) atoms. The highest BCUT2D eigenvalue weighted by molar-refractivity contribution is 7.99. The summed E-state index contributed by atoms with van der Waals surface area (Å²) in [6, 6.07) is 34.3. The Kier molecular flexibility index (Phi) is 30.7. The number of hydrogen-bond acceptors (Lipinski definition) is 21. The molecule has 0 radical (unpaired) electrons. The molecule has 33 heteroatoms. The molecule has 0 unspecified atom stereocenters. The van der Waals surface area contributed by atoms with E-state index >= 15 is 0 Å². The van der Waals surface area contributed by atoms with Gasteiger partial charge in [-0.25, -0.2) is 26.5 Å². The van der Waals surface area contributed by atoms with Crippen LogP contribution in [0.1, 0.15) is 153 Å². The topological polar surface area (TPSA) is 306 Å². The predicted octanol–water partition coefficient (Wildman–Crippen LogP) is 12.1. The average Bonchev–Trinajstić information content (AvgIpc) is 1.48. The lowest BCUT2D eigenvalue weighted by Gasteiger charge is -2.44. The largest absolute Gasteiger partial charge is 0.501 e. The number of pyridine rings is 1. The number of thioether (sulfide) groups is 1. The van der Waals surface area contributed by atoms with Gasteiger partial charge in [-0.15, -0.1) is 23.1 Å². The number of piperazine rings is 2. The van der Waals surface area contributed by atoms with Gasteiger partial charge in [-0.2, -0.15) is 13.2 Å². The third kappa shape index (κ3) is 24.2. The van der Waals surface area contributed by atoms with Gasteiger partial charge in [0.15, 0.2) is 0 Å². The lowest BCUT2D eigenvalue weighted by Crippen LogP contribution is -2.57. The number of amides is 6. The first-order chi connectivity index (χ1) is 57.7. The molecule has 1 aliphatic carbocycles. The summed E-state index contributed by atoms with van der Waals surface area (Å²) in [7, 11) is -11.1. The molecule has 7 aromatic rings. The molecule has 6 atom stereocenters. The van der Waals surface area contributed by atoms with Crippen LogP contribution < -0.4 is 30.9 Å². The lowest BCUT2D eigenvalue weighted by molar-refractivity contribution is -0.144. The molecule has 4 fully saturated rings. The third-order valence-electron chi connectivity index (χ3n) is 23.2. The quantitative estimate of drug-likeness (QED) is 0.0169. The third-order valence-corrected chi connectivity index (χ3v) is 28.5. The van der Waals surface area contributed by atoms with E-state index in [2.05, 4.69) is 69.9 Å². The number of aryl methyl sites for hydroxylation is 1. The Hall–Kier alpha value is -8.83. The SMILES string of the molecule is Cc1ncsc1-c1ccc([C@H](C)NC(=O)[C@@H]2C[C@@H](O)CN2C(=O)[C@@H](NC(=O)CCCCCNC(=O)c2ccc(C(=O)N3CCN(C[C@]4(C)CCC(c5ccc(Cl)cc5)=C(CN5CCN(c6ccc(C(=O)NS(=O)(=O)c7ccc(N[C@H](CCN8CCCOCC8)CSc8ccccc8)c(S(=O)(=O)C(F)(F)F)c7)cc6)CC5)C4)CC3)nc2)C(C)(C)C)cc1. The molecule has 0 spiro atoms. The number of alkyl halides is 3. The minimum Gasteiger partial charge on any atom is -0.391 e. The summed E-state index contributed by atoms with van der Waals surface area (Å²) < 4.78 is 105. The molecule has 6 N–H and O–H groups in total. The van der Waals surface area contributed by atoms with Crippen molar-refractivity contribution >= 4 is 107 Å². The molecule has 2 aromatic heterocycles. The first-order valence-corrected chi connectivity index (χ1v) is 46.5. The fourth-order valence-corrected chi connectivity index (χ4v) is 20.3. The van der Waals surface area contributed by atoms with Crippen LogP contribution >= 0.6 is 34.7 Å². The molecule has 6 amide bonds. The Bertz CT molecular complexity index is 5030. The summed E-state index contributed by atoms with van der Waals surface area (Å²) in [5.74, 6) is -2.45. The van der Waals surface area contributed by atoms with E-state index in [0.717, 1.165) is 95.3 Å². The van der Waals surface area contributed by atoms with E-state index < -0.39 is 88.2 Å². The number of likely N-dealkylation sites (tertiary alicyclic amines) is 1. The van der Waals surface area contributed by atoms with Crippen molar-refractivity contribution in [3.63, 3.8) is 0 Å². The number of halogens is 4. The number of ether oxygens (including phenoxy) is 1. The summed E-state index contributed by atoms with van der Waals surface area (Å²) in [5.41, 5.74) is 2.68. The lowest BCUT2D eigenvalue weighted by atomic mass is 9.71. The number of unbranched alkanes of at least 4 members (excludes halogenated alkanes) is 2. The van der Waals surface area contributed by atoms with Gasteiger partial charge in [0, 0.05) is 157 Å². The standard InChI is InChI=1S/C88H109ClF3N13O12S4/c1-59(61-17-19-63(20-18-61)79-60(2)95-58-119-79)96-83(110)76-50-70(106)55-105(76)85(112)80(86(3,4)5)98-78(107)16-11-8-12-36-93-81(108)65-25-31-75(94-53-65)84(111)104-45-41-102(42-46-104)57-87(6)35-33-73(62-21-26-67(89)27-22-62)66(52-87)54-101-39-43-103(44-40-101)69-28-23-64(24-29-69)82(109)99-121(115,116)72-30-32-74(77(51-72)120(113,114)88(90,91)92)97-68(56-118-71-14-9-7-10-15-71)34-38-100-37-13-48-117-49-47-100/h7,9-10,14-15,17-32,51,53,58-59,68,70,76,80,97,106H,8,11-13,16,33-50,52,54-57H2,1-6H3,(H,93,108)(H,96,110)(H,98,107)(H,99,109)/t59-,68+,70+,76-,80+,87+/m0/s1. The number of nitrogens with one attached hydrogen (secondary N) is 5. The Morgan fingerprint density at radius 2 is 1.46 bits per heavy atom. The van der Waals surface area contributed by atoms with E-state index in [1.54, 1.807) is 46.0 Å². The number of anilines is 2. The number of hydrogen-bond donors (Lipinski definition) is 6. The van der Waals surface area contributed by atoms with Gasteiger partial charge in [0.05, 0.1) is 51.0 Å². The normalized spacial score (nSPS) is 19.5. The molecule has 5 aromatic carbocycles. The van der Waals surface area contributed by atoms with Crippen LogP contribution in [-0.4, -0.2) is 239 Å². The number of β-amino-alcohol motifs (C(OH)–C–C–N with tert-alkyl or cyclic N) is 1. The summed E-state index contributed by atoms with van der Waals surface area (Å²) in [4.78, 5) is 103. The van der Waals surface area contributed by atoms with Crippen LogP contribution in [0.4, 0.5) is 24.5 Å². The zero-order valence-electron chi connectivity index (χ0n) is 69.2. The summed E-state index contributed by atoms with van der Waals surface area (Å²) in [5, 5.41) is 23.3. The van der Waals surface area contributed by atoms with Crippen molar-refractivity contribution in [2.45, 2.75) is 156 Å². The minimum absolute atomic E-state index is 0.0423. The molecule has 12 rings (SSSR count). The number of aliphatic hydroxyl groups excluding tert-OH is 1. The number of rotatable bonds is 32. The second kappa shape index (κ2) is 40.7. The van der Waals surface area contributed by atoms with Crippen LogP contribution in [0.3, 0.4) is 0 Å². The van der Waals surface area contributed by atoms with Crippen LogP contribution in [-0.2, 0) is 39.0 Å². The van der Waals surface area contributed by atoms with Gasteiger partial charge in [0.1, 0.15) is 22.7 Å². The summed E-state index contributed by atoms with van der Waals surface area (Å²) >= 11 is 9.40. The van der Waals surface area contributed by atoms with Gasteiger partial charge in [-0.3, -0.25) is 43.6 Å². The second-order valence-corrected chi connectivity index (χ2v) is 39.4. The van der Waals surface area contributed by atoms with Crippen LogP contribution in [0, 0.1) is 17.8 Å². The molecule has 25 nitrogen and oxygen atoms in total. The molecule has 4 saturated heterocycles. The smallest absolute Gasteiger partial charge is 0.391 e. The maximum Gasteiger partial charge on any atom is 0.501 e. The Morgan fingerprint density at radius 3 is 2.14 bits per heavy atom. The molecule has 6 heterocycles. The number of carbonyl (C=O) groups excluding carboxylic acids is 6. The van der Waals surface area contributed by atoms with Crippen molar-refractivity contribution in [3.05, 3.63) is 189 Å². The number of sulfonamides is 1. The molecule has 5 aliphatic rings. The molecule has 650 valence electrons. The number of nitrogens with zero attached hydrogens (tertiary/aromatic N) is 8. The Labute approximate surface area is 720 Å². The number of benzene rings is 5. The zero-order valence-corrected chi connectivity index (χ0v) is 73.2. The van der Waals surface area contributed by atoms with Crippen molar-refractivity contribution in [2.24, 2.45) is 10.8 Å². The van der Waals surface area contributed by atoms with Crippen LogP contribution in [0.2, 0.25) is 5.02 Å². The number of thiazole rings is 1. The predicted molar refractivity (Wildman–Crippen MR) is 465 cm³/mol. The van der Waals surface area contributed by atoms with Crippen LogP contribution in [0.25, 0.3) is 16.0 Å². The Morgan fingerprint density at radius 1 is 0.760 bits per heavy atom. The first kappa shape index (κ1) is 91.4. The minimum atomic E-state index is -6.12. The maximum absolute atomic E-state index is 14.5. The van der Waals surface area contributed by atoms with Crippen LogP contribution in [0.5, 0.6) is 0 Å². The number of aromatic nitrogens is 2. The number of sulfone groups is 1. The van der Waals surface area contributed by atoms with E-state index in [9.17, 15) is 63.9 Å². The molecular formula is C88H109ClF3N13O12S4. The fraction of sp³-hybridized carbons (Fsp3) is 0.477. The van der Waals surface area contributed by atoms with Gasteiger partial charge in [0.2, 0.25) is 17.7 Å². The number of carbonyl (C=O) groups is 6. The molecule has 0 bridgehead atoms. The molecular weight excluding hydrogens is 1650 g/mol. The summed E-state index contributed by atoms with van der Waals surface area (Å²) in [6.07, 6.45) is 6.24. The van der Waals surface area contributed by atoms with E-state index in [4.69, 9.17) is 16.3 Å². The molecule has 4 aliphatic heterocycles. The van der Waals surface area contributed by atoms with Gasteiger partial charge in [-0.1, -0.05) is 106 Å².